The van der Waals surface area contributed by atoms with E-state index >= 15 is 0 Å². The topological polar surface area (TPSA) is 63.0 Å². The van der Waals surface area contributed by atoms with Crippen molar-refractivity contribution in [1.82, 2.24) is 4.98 Å². The highest BCUT2D eigenvalue weighted by Gasteiger charge is 2.47. The number of carbonyl (C=O) groups excluding carboxylic acids is 1. The highest BCUT2D eigenvalue weighted by atomic mass is 35.5. The monoisotopic (exact) mass is 236 g/mol. The van der Waals surface area contributed by atoms with Gasteiger partial charge in [-0.05, 0) is 24.5 Å². The van der Waals surface area contributed by atoms with Crippen molar-refractivity contribution in [3.63, 3.8) is 0 Å². The number of pyridine rings is 1. The molecule has 0 unspecified atom stereocenters. The van der Waals surface area contributed by atoms with Crippen LogP contribution < -0.4 is 0 Å². The highest BCUT2D eigenvalue weighted by Crippen LogP contribution is 2.49. The molecule has 0 aliphatic heterocycles. The fourth-order valence-electron chi connectivity index (χ4n) is 1.66. The van der Waals surface area contributed by atoms with E-state index in [2.05, 4.69) is 15.8 Å². The molecule has 0 radical (unpaired) electrons. The molecule has 82 valence electrons. The van der Waals surface area contributed by atoms with Gasteiger partial charge in [-0.25, -0.2) is 9.78 Å². The Morgan fingerprint density at radius 2 is 2.38 bits per heavy atom. The summed E-state index contributed by atoms with van der Waals surface area (Å²) < 4.78 is 4.65. The Morgan fingerprint density at radius 1 is 1.69 bits per heavy atom. The molecule has 2 rings (SSSR count). The number of aromatic nitrogens is 1. The van der Waals surface area contributed by atoms with E-state index in [0.29, 0.717) is 11.1 Å². The zero-order valence-corrected chi connectivity index (χ0v) is 9.41. The lowest BCUT2D eigenvalue weighted by Gasteiger charge is -2.11. The van der Waals surface area contributed by atoms with E-state index in [1.165, 1.54) is 13.3 Å². The van der Waals surface area contributed by atoms with Crippen LogP contribution in [-0.2, 0) is 10.2 Å². The normalized spacial score (nSPS) is 16.3. The molecule has 0 amide bonds. The molecule has 0 atom stereocenters. The van der Waals surface area contributed by atoms with Crippen LogP contribution in [-0.4, -0.2) is 18.1 Å². The lowest BCUT2D eigenvalue weighted by molar-refractivity contribution is 0.0598. The van der Waals surface area contributed by atoms with Gasteiger partial charge in [0.05, 0.1) is 24.2 Å². The quantitative estimate of drug-likeness (QED) is 0.583. The second-order valence-corrected chi connectivity index (χ2v) is 4.13. The predicted octanol–water partition coefficient (Wildman–Crippen LogP) is 2.08. The van der Waals surface area contributed by atoms with Crippen LogP contribution in [0.1, 0.15) is 28.8 Å². The third kappa shape index (κ3) is 1.63. The molecule has 1 aliphatic carbocycles. The number of nitrogens with zero attached hydrogens (tertiary/aromatic N) is 2. The summed E-state index contributed by atoms with van der Waals surface area (Å²) in [4.78, 5) is 15.4. The van der Waals surface area contributed by atoms with Gasteiger partial charge < -0.3 is 4.74 Å². The molecule has 16 heavy (non-hydrogen) atoms. The first-order chi connectivity index (χ1) is 7.63. The molecule has 1 saturated carbocycles. The largest absolute Gasteiger partial charge is 0.465 e. The molecule has 4 nitrogen and oxygen atoms in total. The Labute approximate surface area is 97.8 Å². The van der Waals surface area contributed by atoms with E-state index < -0.39 is 11.4 Å². The van der Waals surface area contributed by atoms with Crippen LogP contribution in [0.3, 0.4) is 0 Å². The van der Waals surface area contributed by atoms with Crippen molar-refractivity contribution >= 4 is 17.6 Å². The van der Waals surface area contributed by atoms with Crippen molar-refractivity contribution in [2.45, 2.75) is 18.3 Å². The van der Waals surface area contributed by atoms with Gasteiger partial charge in [0.2, 0.25) is 0 Å². The average molecular weight is 237 g/mol. The predicted molar refractivity (Wildman–Crippen MR) is 57.1 cm³/mol. The Bertz CT molecular complexity index is 489. The summed E-state index contributed by atoms with van der Waals surface area (Å²) in [5.74, 6) is -0.485. The molecule has 0 N–H and O–H groups in total. The third-order valence-electron chi connectivity index (χ3n) is 2.76. The van der Waals surface area contributed by atoms with Crippen molar-refractivity contribution in [1.29, 1.82) is 5.26 Å². The lowest BCUT2D eigenvalue weighted by Crippen LogP contribution is -2.13. The summed E-state index contributed by atoms with van der Waals surface area (Å²) in [6.07, 6.45) is 2.85. The number of carbonyl (C=O) groups is 1. The summed E-state index contributed by atoms with van der Waals surface area (Å²) in [5.41, 5.74) is 0.378. The second-order valence-electron chi connectivity index (χ2n) is 3.74. The zero-order valence-electron chi connectivity index (χ0n) is 8.66. The minimum absolute atomic E-state index is 0.282. The molecule has 1 fully saturated rings. The van der Waals surface area contributed by atoms with Crippen LogP contribution >= 0.6 is 11.6 Å². The van der Waals surface area contributed by atoms with Gasteiger partial charge in [-0.2, -0.15) is 5.26 Å². The molecular weight excluding hydrogens is 228 g/mol. The highest BCUT2D eigenvalue weighted by molar-refractivity contribution is 6.29. The number of nitriles is 1. The van der Waals surface area contributed by atoms with Gasteiger partial charge in [-0.1, -0.05) is 11.6 Å². The number of halogens is 1. The SMILES string of the molecule is COC(=O)c1cnc(Cl)cc1C1(C#N)CC1. The van der Waals surface area contributed by atoms with E-state index in [1.54, 1.807) is 6.07 Å². The van der Waals surface area contributed by atoms with Gasteiger partial charge in [0, 0.05) is 6.20 Å². The zero-order chi connectivity index (χ0) is 11.8. The van der Waals surface area contributed by atoms with Gasteiger partial charge >= 0.3 is 5.97 Å². The van der Waals surface area contributed by atoms with Crippen molar-refractivity contribution < 1.29 is 9.53 Å². The summed E-state index contributed by atoms with van der Waals surface area (Å²) in [6, 6.07) is 3.79. The summed E-state index contributed by atoms with van der Waals surface area (Å²) in [7, 11) is 1.30. The summed E-state index contributed by atoms with van der Waals surface area (Å²) in [6.45, 7) is 0. The lowest BCUT2D eigenvalue weighted by atomic mass is 9.94. The van der Waals surface area contributed by atoms with Crippen LogP contribution in [0.5, 0.6) is 0 Å². The van der Waals surface area contributed by atoms with Crippen molar-refractivity contribution in [3.05, 3.63) is 28.5 Å². The Balaban J connectivity index is 2.54. The number of hydrogen-bond acceptors (Lipinski definition) is 4. The van der Waals surface area contributed by atoms with Gasteiger partial charge in [-0.3, -0.25) is 0 Å². The minimum atomic E-state index is -0.573. The van der Waals surface area contributed by atoms with E-state index in [1.807, 2.05) is 0 Å². The van der Waals surface area contributed by atoms with Gasteiger partial charge in [0.25, 0.3) is 0 Å². The number of rotatable bonds is 2. The maximum absolute atomic E-state index is 11.5. The second kappa shape index (κ2) is 3.76. The molecule has 0 aromatic carbocycles. The molecule has 1 aliphatic rings. The minimum Gasteiger partial charge on any atom is -0.465 e. The molecular formula is C11H9ClN2O2. The smallest absolute Gasteiger partial charge is 0.339 e. The van der Waals surface area contributed by atoms with E-state index in [9.17, 15) is 4.79 Å². The standard InChI is InChI=1S/C11H9ClN2O2/c1-16-10(15)7-5-14-9(12)4-8(7)11(6-13)2-3-11/h4-5H,2-3H2,1H3. The maximum atomic E-state index is 11.5. The van der Waals surface area contributed by atoms with Crippen molar-refractivity contribution in [2.24, 2.45) is 0 Å². The number of methoxy groups -OCH3 is 1. The third-order valence-corrected chi connectivity index (χ3v) is 2.96. The molecule has 0 spiro atoms. The summed E-state index contributed by atoms with van der Waals surface area (Å²) in [5, 5.41) is 9.40. The van der Waals surface area contributed by atoms with Crippen LogP contribution in [0.4, 0.5) is 0 Å². The number of ether oxygens (including phenoxy) is 1. The maximum Gasteiger partial charge on any atom is 0.339 e. The molecule has 1 aromatic rings. The number of hydrogen-bond donors (Lipinski definition) is 0. The number of esters is 1. The molecule has 1 aromatic heterocycles. The van der Waals surface area contributed by atoms with E-state index in [-0.39, 0.29) is 5.15 Å². The first-order valence-electron chi connectivity index (χ1n) is 4.78. The Kier molecular flexibility index (Phi) is 2.56. The average Bonchev–Trinajstić information content (AvgIpc) is 3.09. The fraction of sp³-hybridized carbons (Fsp3) is 0.364. The van der Waals surface area contributed by atoms with Crippen LogP contribution in [0.2, 0.25) is 5.15 Å². The van der Waals surface area contributed by atoms with Gasteiger partial charge in [0.1, 0.15) is 5.15 Å². The Morgan fingerprint density at radius 3 is 2.88 bits per heavy atom. The van der Waals surface area contributed by atoms with Gasteiger partial charge in [-0.15, -0.1) is 0 Å². The summed E-state index contributed by atoms with van der Waals surface area (Å²) >= 11 is 5.78. The molecule has 0 saturated heterocycles. The first-order valence-corrected chi connectivity index (χ1v) is 5.16. The van der Waals surface area contributed by atoms with Crippen molar-refractivity contribution in [2.75, 3.05) is 7.11 Å². The van der Waals surface area contributed by atoms with Gasteiger partial charge in [0.15, 0.2) is 0 Å². The van der Waals surface area contributed by atoms with Crippen LogP contribution in [0.15, 0.2) is 12.3 Å². The molecule has 0 bridgehead atoms. The first kappa shape index (κ1) is 10.9. The van der Waals surface area contributed by atoms with Crippen LogP contribution in [0.25, 0.3) is 0 Å². The van der Waals surface area contributed by atoms with Crippen LogP contribution in [0, 0.1) is 11.3 Å². The van der Waals surface area contributed by atoms with E-state index in [0.717, 1.165) is 12.8 Å². The Hall–Kier alpha value is -1.60. The molecule has 1 heterocycles. The fourth-order valence-corrected chi connectivity index (χ4v) is 1.82. The van der Waals surface area contributed by atoms with Crippen molar-refractivity contribution in [3.8, 4) is 6.07 Å². The van der Waals surface area contributed by atoms with E-state index in [4.69, 9.17) is 16.9 Å². The molecule has 5 heteroatoms.